The summed E-state index contributed by atoms with van der Waals surface area (Å²) in [4.78, 5) is 17.0. The first-order chi connectivity index (χ1) is 15.3. The number of hydrogen-bond donors (Lipinski definition) is 1. The summed E-state index contributed by atoms with van der Waals surface area (Å²) < 4.78 is 47.6. The largest absolute Gasteiger partial charge is 0.340 e. The molecule has 162 valence electrons. The van der Waals surface area contributed by atoms with Crippen LogP contribution in [0.15, 0.2) is 65.2 Å². The molecule has 1 atom stereocenters. The van der Waals surface area contributed by atoms with Crippen molar-refractivity contribution in [3.05, 3.63) is 107 Å². The number of nitrogens with one attached hydrogen (secondary N) is 1. The second-order valence-corrected chi connectivity index (χ2v) is 7.25. The van der Waals surface area contributed by atoms with Crippen molar-refractivity contribution in [2.75, 3.05) is 0 Å². The lowest BCUT2D eigenvalue weighted by atomic mass is 9.98. The summed E-state index contributed by atoms with van der Waals surface area (Å²) in [5.41, 5.74) is 1.47. The van der Waals surface area contributed by atoms with Crippen LogP contribution in [0.25, 0.3) is 11.1 Å². The first kappa shape index (κ1) is 21.3. The second-order valence-electron chi connectivity index (χ2n) is 7.25. The summed E-state index contributed by atoms with van der Waals surface area (Å²) in [7, 11) is 0. The van der Waals surface area contributed by atoms with Crippen LogP contribution in [0.3, 0.4) is 0 Å². The van der Waals surface area contributed by atoms with E-state index in [2.05, 4.69) is 15.5 Å². The van der Waals surface area contributed by atoms with Crippen LogP contribution in [-0.4, -0.2) is 16.0 Å². The van der Waals surface area contributed by atoms with E-state index in [-0.39, 0.29) is 28.4 Å². The minimum absolute atomic E-state index is 0.0209. The lowest BCUT2D eigenvalue weighted by Gasteiger charge is -2.17. The quantitative estimate of drug-likeness (QED) is 0.461. The first-order valence-corrected chi connectivity index (χ1v) is 9.75. The van der Waals surface area contributed by atoms with Gasteiger partial charge < -0.3 is 9.84 Å². The molecule has 0 spiro atoms. The molecular weight excluding hydrogens is 419 g/mol. The van der Waals surface area contributed by atoms with E-state index in [1.807, 2.05) is 0 Å². The molecule has 1 N–H and O–H groups in total. The normalized spacial score (nSPS) is 11.9. The lowest BCUT2D eigenvalue weighted by Crippen LogP contribution is -2.30. The SMILES string of the molecule is Cc1nc(C(NC(=O)c2ccc(-c3ccc(F)cc3C)c(F)c2)c2ccccc2F)no1. The summed E-state index contributed by atoms with van der Waals surface area (Å²) in [5.74, 6) is -1.96. The van der Waals surface area contributed by atoms with Crippen LogP contribution in [0, 0.1) is 31.3 Å². The number of carbonyl (C=O) groups excluding carboxylic acids is 1. The Balaban J connectivity index is 1.65. The molecule has 5 nitrogen and oxygen atoms in total. The van der Waals surface area contributed by atoms with Crippen molar-refractivity contribution in [2.24, 2.45) is 0 Å². The third-order valence-corrected chi connectivity index (χ3v) is 5.00. The third kappa shape index (κ3) is 4.25. The van der Waals surface area contributed by atoms with Gasteiger partial charge in [0.15, 0.2) is 5.82 Å². The van der Waals surface area contributed by atoms with Crippen molar-refractivity contribution in [2.45, 2.75) is 19.9 Å². The molecule has 3 aromatic carbocycles. The van der Waals surface area contributed by atoms with Gasteiger partial charge in [-0.15, -0.1) is 0 Å². The van der Waals surface area contributed by atoms with Crippen LogP contribution in [0.5, 0.6) is 0 Å². The van der Waals surface area contributed by atoms with Crippen LogP contribution in [-0.2, 0) is 0 Å². The average Bonchev–Trinajstić information content (AvgIpc) is 3.19. The zero-order chi connectivity index (χ0) is 22.8. The molecular formula is C24H18F3N3O2. The molecule has 1 unspecified atom stereocenters. The molecule has 1 heterocycles. The van der Waals surface area contributed by atoms with Crippen LogP contribution < -0.4 is 5.32 Å². The maximum absolute atomic E-state index is 14.9. The highest BCUT2D eigenvalue weighted by molar-refractivity contribution is 5.95. The summed E-state index contributed by atoms with van der Waals surface area (Å²) >= 11 is 0. The minimum Gasteiger partial charge on any atom is -0.340 e. The van der Waals surface area contributed by atoms with Gasteiger partial charge in [-0.3, -0.25) is 4.79 Å². The fraction of sp³-hybridized carbons (Fsp3) is 0.125. The molecule has 0 aliphatic carbocycles. The zero-order valence-electron chi connectivity index (χ0n) is 17.2. The highest BCUT2D eigenvalue weighted by atomic mass is 19.1. The topological polar surface area (TPSA) is 68.0 Å². The van der Waals surface area contributed by atoms with E-state index < -0.39 is 29.4 Å². The lowest BCUT2D eigenvalue weighted by molar-refractivity contribution is 0.0940. The second kappa shape index (κ2) is 8.66. The number of hydrogen-bond acceptors (Lipinski definition) is 4. The van der Waals surface area contributed by atoms with Crippen LogP contribution >= 0.6 is 0 Å². The van der Waals surface area contributed by atoms with Gasteiger partial charge in [0, 0.05) is 23.6 Å². The Bertz CT molecular complexity index is 1300. The van der Waals surface area contributed by atoms with Crippen molar-refractivity contribution in [1.29, 1.82) is 0 Å². The van der Waals surface area contributed by atoms with Gasteiger partial charge in [0.1, 0.15) is 23.5 Å². The molecule has 0 aliphatic rings. The number of rotatable bonds is 5. The Morgan fingerprint density at radius 3 is 2.34 bits per heavy atom. The molecule has 0 bridgehead atoms. The Hall–Kier alpha value is -3.94. The smallest absolute Gasteiger partial charge is 0.252 e. The van der Waals surface area contributed by atoms with Crippen LogP contribution in [0.4, 0.5) is 13.2 Å². The predicted molar refractivity (Wildman–Crippen MR) is 111 cm³/mol. The number of halogens is 3. The van der Waals surface area contributed by atoms with E-state index in [9.17, 15) is 18.0 Å². The van der Waals surface area contributed by atoms with E-state index in [0.29, 0.717) is 11.1 Å². The fourth-order valence-corrected chi connectivity index (χ4v) is 3.44. The Morgan fingerprint density at radius 2 is 1.69 bits per heavy atom. The molecule has 0 radical (unpaired) electrons. The molecule has 1 amide bonds. The molecule has 4 aromatic rings. The van der Waals surface area contributed by atoms with Gasteiger partial charge in [0.05, 0.1) is 0 Å². The fourth-order valence-electron chi connectivity index (χ4n) is 3.44. The number of benzene rings is 3. The molecule has 0 aliphatic heterocycles. The highest BCUT2D eigenvalue weighted by Crippen LogP contribution is 2.28. The molecule has 0 saturated heterocycles. The van der Waals surface area contributed by atoms with Crippen LogP contribution in [0.1, 0.15) is 39.2 Å². The van der Waals surface area contributed by atoms with Crippen molar-refractivity contribution in [3.8, 4) is 11.1 Å². The Labute approximate surface area is 181 Å². The van der Waals surface area contributed by atoms with Crippen molar-refractivity contribution in [1.82, 2.24) is 15.5 Å². The van der Waals surface area contributed by atoms with E-state index in [1.165, 1.54) is 48.5 Å². The van der Waals surface area contributed by atoms with E-state index in [4.69, 9.17) is 4.52 Å². The Morgan fingerprint density at radius 1 is 0.938 bits per heavy atom. The molecule has 32 heavy (non-hydrogen) atoms. The number of aromatic nitrogens is 2. The highest BCUT2D eigenvalue weighted by Gasteiger charge is 2.25. The van der Waals surface area contributed by atoms with Gasteiger partial charge in [-0.2, -0.15) is 4.98 Å². The van der Waals surface area contributed by atoms with E-state index in [1.54, 1.807) is 19.9 Å². The number of aryl methyl sites for hydroxylation is 2. The van der Waals surface area contributed by atoms with Gasteiger partial charge >= 0.3 is 0 Å². The summed E-state index contributed by atoms with van der Waals surface area (Å²) in [6, 6.07) is 12.8. The average molecular weight is 437 g/mol. The molecule has 1 aromatic heterocycles. The number of amides is 1. The predicted octanol–water partition coefficient (Wildman–Crippen LogP) is 5.29. The Kier molecular flexibility index (Phi) is 5.77. The maximum Gasteiger partial charge on any atom is 0.252 e. The van der Waals surface area contributed by atoms with Crippen molar-refractivity contribution in [3.63, 3.8) is 0 Å². The third-order valence-electron chi connectivity index (χ3n) is 5.00. The minimum atomic E-state index is -1.04. The van der Waals surface area contributed by atoms with Crippen molar-refractivity contribution < 1.29 is 22.5 Å². The van der Waals surface area contributed by atoms with E-state index in [0.717, 1.165) is 6.07 Å². The van der Waals surface area contributed by atoms with Gasteiger partial charge in [-0.1, -0.05) is 35.5 Å². The van der Waals surface area contributed by atoms with Crippen molar-refractivity contribution >= 4 is 5.91 Å². The van der Waals surface area contributed by atoms with E-state index >= 15 is 0 Å². The zero-order valence-corrected chi connectivity index (χ0v) is 17.2. The van der Waals surface area contributed by atoms with Gasteiger partial charge in [0.25, 0.3) is 5.91 Å². The summed E-state index contributed by atoms with van der Waals surface area (Å²) in [6.45, 7) is 3.24. The first-order valence-electron chi connectivity index (χ1n) is 9.75. The van der Waals surface area contributed by atoms with Gasteiger partial charge in [-0.25, -0.2) is 13.2 Å². The molecule has 4 rings (SSSR count). The molecule has 8 heteroatoms. The summed E-state index contributed by atoms with van der Waals surface area (Å²) in [5, 5.41) is 6.44. The molecule has 0 saturated carbocycles. The van der Waals surface area contributed by atoms with Gasteiger partial charge in [-0.05, 0) is 48.4 Å². The number of nitrogens with zero attached hydrogens (tertiary/aromatic N) is 2. The monoisotopic (exact) mass is 437 g/mol. The summed E-state index contributed by atoms with van der Waals surface area (Å²) in [6.07, 6.45) is 0. The van der Waals surface area contributed by atoms with Gasteiger partial charge in [0.2, 0.25) is 5.89 Å². The maximum atomic E-state index is 14.9. The standard InChI is InChI=1S/C24H18F3N3O2/c1-13-11-16(25)8-10-17(13)18-9-7-15(12-21(18)27)24(31)29-22(23-28-14(2)32-30-23)19-5-3-4-6-20(19)26/h3-12,22H,1-2H3,(H,29,31). The molecule has 0 fully saturated rings. The van der Waals surface area contributed by atoms with Crippen LogP contribution in [0.2, 0.25) is 0 Å². The number of carbonyl (C=O) groups is 1.